The summed E-state index contributed by atoms with van der Waals surface area (Å²) in [6.45, 7) is 2.14. The first kappa shape index (κ1) is 12.5. The van der Waals surface area contributed by atoms with Gasteiger partial charge in [0.2, 0.25) is 0 Å². The van der Waals surface area contributed by atoms with Gasteiger partial charge in [-0.3, -0.25) is 9.78 Å². The molecule has 5 nitrogen and oxygen atoms in total. The molecule has 0 saturated heterocycles. The van der Waals surface area contributed by atoms with Gasteiger partial charge in [-0.2, -0.15) is 0 Å². The highest BCUT2D eigenvalue weighted by molar-refractivity contribution is 5.96. The molecule has 1 aliphatic heterocycles. The number of hydrogen-bond acceptors (Lipinski definition) is 4. The number of rotatable bonds is 3. The second-order valence-corrected chi connectivity index (χ2v) is 4.70. The smallest absolute Gasteiger partial charge is 0.262 e. The molecule has 0 saturated carbocycles. The van der Waals surface area contributed by atoms with Crippen molar-refractivity contribution in [1.82, 2.24) is 4.98 Å². The van der Waals surface area contributed by atoms with Gasteiger partial charge in [0, 0.05) is 18.1 Å². The van der Waals surface area contributed by atoms with Crippen LogP contribution in [0.15, 0.2) is 42.7 Å². The zero-order chi connectivity index (χ0) is 13.9. The standard InChI is InChI=1S/C15H15N3O2/c1-10(11-3-2-6-16-8-11)17-12-4-5-14-13(7-12)18-15(19)9-20-14/h2-8,10,17H,9H2,1H3,(H,18,19). The normalized spacial score (nSPS) is 14.8. The lowest BCUT2D eigenvalue weighted by atomic mass is 10.1. The lowest BCUT2D eigenvalue weighted by Gasteiger charge is -2.20. The van der Waals surface area contributed by atoms with Crippen molar-refractivity contribution in [1.29, 1.82) is 0 Å². The second-order valence-electron chi connectivity index (χ2n) is 4.70. The monoisotopic (exact) mass is 269 g/mol. The molecular formula is C15H15N3O2. The Hall–Kier alpha value is -2.56. The van der Waals surface area contributed by atoms with Crippen LogP contribution in [-0.4, -0.2) is 17.5 Å². The summed E-state index contributed by atoms with van der Waals surface area (Å²) in [4.78, 5) is 15.4. The highest BCUT2D eigenvalue weighted by Gasteiger charge is 2.16. The zero-order valence-corrected chi connectivity index (χ0v) is 11.1. The van der Waals surface area contributed by atoms with E-state index >= 15 is 0 Å². The van der Waals surface area contributed by atoms with E-state index in [2.05, 4.69) is 22.5 Å². The molecule has 1 atom stereocenters. The lowest BCUT2D eigenvalue weighted by molar-refractivity contribution is -0.118. The Labute approximate surface area is 117 Å². The van der Waals surface area contributed by atoms with E-state index in [-0.39, 0.29) is 18.6 Å². The Morgan fingerprint density at radius 1 is 1.40 bits per heavy atom. The van der Waals surface area contributed by atoms with E-state index in [4.69, 9.17) is 4.74 Å². The van der Waals surface area contributed by atoms with Crippen LogP contribution in [0, 0.1) is 0 Å². The van der Waals surface area contributed by atoms with E-state index in [0.29, 0.717) is 11.4 Å². The molecule has 5 heteroatoms. The Morgan fingerprint density at radius 3 is 3.10 bits per heavy atom. The molecule has 0 aliphatic carbocycles. The van der Waals surface area contributed by atoms with Crippen molar-refractivity contribution in [3.8, 4) is 5.75 Å². The van der Waals surface area contributed by atoms with Crippen molar-refractivity contribution < 1.29 is 9.53 Å². The maximum atomic E-state index is 11.3. The van der Waals surface area contributed by atoms with Crippen LogP contribution < -0.4 is 15.4 Å². The van der Waals surface area contributed by atoms with Crippen LogP contribution in [0.4, 0.5) is 11.4 Å². The predicted octanol–water partition coefficient (Wildman–Crippen LogP) is 2.59. The average Bonchev–Trinajstić information content (AvgIpc) is 2.47. The Balaban J connectivity index is 1.78. The summed E-state index contributed by atoms with van der Waals surface area (Å²) in [5.74, 6) is 0.569. The fourth-order valence-electron chi connectivity index (χ4n) is 2.14. The number of carbonyl (C=O) groups excluding carboxylic acids is 1. The number of fused-ring (bicyclic) bond motifs is 1. The molecule has 1 aromatic heterocycles. The van der Waals surface area contributed by atoms with Crippen molar-refractivity contribution in [2.45, 2.75) is 13.0 Å². The van der Waals surface area contributed by atoms with E-state index in [1.807, 2.05) is 36.5 Å². The molecule has 2 N–H and O–H groups in total. The molecule has 2 aromatic rings. The summed E-state index contributed by atoms with van der Waals surface area (Å²) in [7, 11) is 0. The van der Waals surface area contributed by atoms with Crippen molar-refractivity contribution in [3.63, 3.8) is 0 Å². The molecule has 1 amide bonds. The molecule has 0 bridgehead atoms. The number of aromatic nitrogens is 1. The van der Waals surface area contributed by atoms with Crippen LogP contribution in [0.2, 0.25) is 0 Å². The minimum absolute atomic E-state index is 0.0753. The number of anilines is 2. The van der Waals surface area contributed by atoms with Crippen molar-refractivity contribution in [2.75, 3.05) is 17.2 Å². The van der Waals surface area contributed by atoms with E-state index in [1.165, 1.54) is 0 Å². The first-order valence-corrected chi connectivity index (χ1v) is 6.45. The molecule has 1 aliphatic rings. The molecule has 3 rings (SSSR count). The van der Waals surface area contributed by atoms with Gasteiger partial charge in [0.1, 0.15) is 5.75 Å². The third-order valence-corrected chi connectivity index (χ3v) is 3.18. The highest BCUT2D eigenvalue weighted by Crippen LogP contribution is 2.31. The maximum absolute atomic E-state index is 11.3. The number of hydrogen-bond donors (Lipinski definition) is 2. The summed E-state index contributed by atoms with van der Waals surface area (Å²) in [5, 5.41) is 6.17. The largest absolute Gasteiger partial charge is 0.482 e. The van der Waals surface area contributed by atoms with Crippen LogP contribution in [0.1, 0.15) is 18.5 Å². The molecule has 1 unspecified atom stereocenters. The van der Waals surface area contributed by atoms with Gasteiger partial charge in [0.15, 0.2) is 6.61 Å². The summed E-state index contributed by atoms with van der Waals surface area (Å²) >= 11 is 0. The van der Waals surface area contributed by atoms with Gasteiger partial charge < -0.3 is 15.4 Å². The second kappa shape index (κ2) is 5.21. The topological polar surface area (TPSA) is 63.2 Å². The van der Waals surface area contributed by atoms with Crippen molar-refractivity contribution in [2.24, 2.45) is 0 Å². The first-order chi connectivity index (χ1) is 9.72. The molecule has 2 heterocycles. The minimum atomic E-state index is -0.130. The van der Waals surface area contributed by atoms with Gasteiger partial charge in [-0.1, -0.05) is 6.07 Å². The quantitative estimate of drug-likeness (QED) is 0.899. The third kappa shape index (κ3) is 2.56. The molecule has 1 aromatic carbocycles. The number of nitrogens with zero attached hydrogens (tertiary/aromatic N) is 1. The van der Waals surface area contributed by atoms with Gasteiger partial charge in [-0.15, -0.1) is 0 Å². The van der Waals surface area contributed by atoms with Gasteiger partial charge >= 0.3 is 0 Å². The SMILES string of the molecule is CC(Nc1ccc2c(c1)NC(=O)CO2)c1cccnc1. The highest BCUT2D eigenvalue weighted by atomic mass is 16.5. The summed E-state index contributed by atoms with van der Waals surface area (Å²) < 4.78 is 5.33. The average molecular weight is 269 g/mol. The number of ether oxygens (including phenoxy) is 1. The third-order valence-electron chi connectivity index (χ3n) is 3.18. The van der Waals surface area contributed by atoms with Crippen LogP contribution in [0.5, 0.6) is 5.75 Å². The maximum Gasteiger partial charge on any atom is 0.262 e. The summed E-state index contributed by atoms with van der Waals surface area (Å²) in [6.07, 6.45) is 3.59. The van der Waals surface area contributed by atoms with Crippen molar-refractivity contribution >= 4 is 17.3 Å². The Morgan fingerprint density at radius 2 is 2.30 bits per heavy atom. The molecule has 0 spiro atoms. The Kier molecular flexibility index (Phi) is 3.25. The molecule has 0 fully saturated rings. The number of benzene rings is 1. The Bertz CT molecular complexity index is 628. The van der Waals surface area contributed by atoms with Gasteiger partial charge in [-0.05, 0) is 36.8 Å². The lowest BCUT2D eigenvalue weighted by Crippen LogP contribution is -2.25. The molecule has 102 valence electrons. The van der Waals surface area contributed by atoms with Gasteiger partial charge in [-0.25, -0.2) is 0 Å². The number of nitrogens with one attached hydrogen (secondary N) is 2. The molecule has 20 heavy (non-hydrogen) atoms. The minimum Gasteiger partial charge on any atom is -0.482 e. The predicted molar refractivity (Wildman–Crippen MR) is 76.8 cm³/mol. The van der Waals surface area contributed by atoms with Crippen LogP contribution >= 0.6 is 0 Å². The number of pyridine rings is 1. The fourth-order valence-corrected chi connectivity index (χ4v) is 2.14. The summed E-state index contributed by atoms with van der Waals surface area (Å²) in [6, 6.07) is 9.72. The van der Waals surface area contributed by atoms with Crippen LogP contribution in [0.3, 0.4) is 0 Å². The van der Waals surface area contributed by atoms with Gasteiger partial charge in [0.25, 0.3) is 5.91 Å². The van der Waals surface area contributed by atoms with Crippen molar-refractivity contribution in [3.05, 3.63) is 48.3 Å². The fraction of sp³-hybridized carbons (Fsp3) is 0.200. The van der Waals surface area contributed by atoms with E-state index < -0.39 is 0 Å². The number of amides is 1. The number of carbonyl (C=O) groups is 1. The summed E-state index contributed by atoms with van der Waals surface area (Å²) in [5.41, 5.74) is 2.72. The van der Waals surface area contributed by atoms with Gasteiger partial charge in [0.05, 0.1) is 11.7 Å². The molecular weight excluding hydrogens is 254 g/mol. The molecule has 0 radical (unpaired) electrons. The zero-order valence-electron chi connectivity index (χ0n) is 11.1. The van der Waals surface area contributed by atoms with E-state index in [0.717, 1.165) is 11.3 Å². The van der Waals surface area contributed by atoms with Crippen LogP contribution in [-0.2, 0) is 4.79 Å². The van der Waals surface area contributed by atoms with E-state index in [1.54, 1.807) is 6.20 Å². The van der Waals surface area contributed by atoms with E-state index in [9.17, 15) is 4.79 Å². The first-order valence-electron chi connectivity index (χ1n) is 6.45. The van der Waals surface area contributed by atoms with Crippen LogP contribution in [0.25, 0.3) is 0 Å².